The summed E-state index contributed by atoms with van der Waals surface area (Å²) in [5.74, 6) is -0.0498. The van der Waals surface area contributed by atoms with Crippen molar-refractivity contribution in [2.24, 2.45) is 17.6 Å². The Labute approximate surface area is 166 Å². The molecule has 6 nitrogen and oxygen atoms in total. The number of rotatable bonds is 6. The molecule has 146 valence electrons. The van der Waals surface area contributed by atoms with Crippen LogP contribution in [0.2, 0.25) is 0 Å². The van der Waals surface area contributed by atoms with Crippen LogP contribution in [0.3, 0.4) is 0 Å². The lowest BCUT2D eigenvalue weighted by Gasteiger charge is -2.19. The van der Waals surface area contributed by atoms with Crippen LogP contribution in [0.15, 0.2) is 59.5 Å². The van der Waals surface area contributed by atoms with Crippen LogP contribution >= 0.6 is 12.4 Å². The third-order valence-corrected chi connectivity index (χ3v) is 6.16. The van der Waals surface area contributed by atoms with E-state index in [2.05, 4.69) is 10.0 Å². The number of para-hydroxylation sites is 2. The van der Waals surface area contributed by atoms with E-state index < -0.39 is 10.0 Å². The highest BCUT2D eigenvalue weighted by atomic mass is 35.5. The number of carbonyl (C=O) groups excluding carboxylic acids is 1. The largest absolute Gasteiger partial charge is 0.330 e. The first-order valence-electron chi connectivity index (χ1n) is 8.69. The van der Waals surface area contributed by atoms with Crippen molar-refractivity contribution in [1.29, 1.82) is 0 Å². The van der Waals surface area contributed by atoms with E-state index >= 15 is 0 Å². The summed E-state index contributed by atoms with van der Waals surface area (Å²) >= 11 is 0. The summed E-state index contributed by atoms with van der Waals surface area (Å²) in [5.41, 5.74) is 6.55. The minimum absolute atomic E-state index is 0. The van der Waals surface area contributed by atoms with Gasteiger partial charge in [-0.3, -0.25) is 9.52 Å². The molecule has 0 heterocycles. The third kappa shape index (κ3) is 5.00. The van der Waals surface area contributed by atoms with Crippen LogP contribution in [-0.4, -0.2) is 20.9 Å². The van der Waals surface area contributed by atoms with Gasteiger partial charge < -0.3 is 11.1 Å². The molecule has 1 fully saturated rings. The molecule has 1 aliphatic rings. The molecule has 2 aromatic carbocycles. The van der Waals surface area contributed by atoms with E-state index in [-0.39, 0.29) is 35.0 Å². The quantitative estimate of drug-likeness (QED) is 0.681. The van der Waals surface area contributed by atoms with Gasteiger partial charge in [-0.2, -0.15) is 0 Å². The Balaban J connectivity index is 0.00000261. The molecule has 0 spiro atoms. The smallest absolute Gasteiger partial charge is 0.261 e. The molecule has 8 heteroatoms. The van der Waals surface area contributed by atoms with E-state index in [1.807, 2.05) is 0 Å². The second kappa shape index (κ2) is 9.21. The molecule has 0 aromatic heterocycles. The Morgan fingerprint density at radius 2 is 1.63 bits per heavy atom. The van der Waals surface area contributed by atoms with Gasteiger partial charge in [-0.15, -0.1) is 12.4 Å². The number of hydrogen-bond donors (Lipinski definition) is 3. The summed E-state index contributed by atoms with van der Waals surface area (Å²) in [4.78, 5) is 12.8. The lowest BCUT2D eigenvalue weighted by Crippen LogP contribution is -2.30. The van der Waals surface area contributed by atoms with Crippen LogP contribution < -0.4 is 15.8 Å². The van der Waals surface area contributed by atoms with Gasteiger partial charge in [-0.1, -0.05) is 36.8 Å². The highest BCUT2D eigenvalue weighted by Gasteiger charge is 2.32. The Morgan fingerprint density at radius 1 is 1.00 bits per heavy atom. The van der Waals surface area contributed by atoms with E-state index in [0.29, 0.717) is 17.9 Å². The van der Waals surface area contributed by atoms with E-state index in [0.717, 1.165) is 19.3 Å². The highest BCUT2D eigenvalue weighted by Crippen LogP contribution is 2.33. The van der Waals surface area contributed by atoms with Gasteiger partial charge in [-0.05, 0) is 49.6 Å². The number of amides is 1. The summed E-state index contributed by atoms with van der Waals surface area (Å²) in [6.45, 7) is 0.486. The first-order valence-corrected chi connectivity index (χ1v) is 10.2. The fraction of sp³-hybridized carbons (Fsp3) is 0.316. The van der Waals surface area contributed by atoms with Crippen LogP contribution in [-0.2, 0) is 14.8 Å². The molecule has 0 saturated heterocycles. The average Bonchev–Trinajstić information content (AvgIpc) is 3.13. The van der Waals surface area contributed by atoms with Gasteiger partial charge in [0.25, 0.3) is 10.0 Å². The molecule has 0 aliphatic heterocycles. The number of benzene rings is 2. The van der Waals surface area contributed by atoms with Crippen molar-refractivity contribution < 1.29 is 13.2 Å². The first kappa shape index (κ1) is 21.2. The van der Waals surface area contributed by atoms with E-state index in [1.54, 1.807) is 42.5 Å². The zero-order valence-corrected chi connectivity index (χ0v) is 16.4. The second-order valence-corrected chi connectivity index (χ2v) is 8.17. The molecule has 27 heavy (non-hydrogen) atoms. The van der Waals surface area contributed by atoms with Gasteiger partial charge in [0.1, 0.15) is 0 Å². The number of halogens is 1. The molecule has 2 aromatic rings. The lowest BCUT2D eigenvalue weighted by atomic mass is 9.95. The standard InChI is InChI=1S/C19H23N3O3S.ClH/c20-13-14-7-6-10-16(14)19(23)21-17-11-4-5-12-18(17)22-26(24,25)15-8-2-1-3-9-15;/h1-5,8-9,11-12,14,16,22H,6-7,10,13,20H2,(H,21,23);1H/t14-,16-;/m1./s1. The van der Waals surface area contributed by atoms with Crippen molar-refractivity contribution in [2.75, 3.05) is 16.6 Å². The maximum atomic E-state index is 12.6. The number of nitrogens with two attached hydrogens (primary N) is 1. The Kier molecular flexibility index (Phi) is 7.24. The van der Waals surface area contributed by atoms with E-state index in [1.165, 1.54) is 12.1 Å². The predicted molar refractivity (Wildman–Crippen MR) is 109 cm³/mol. The molecule has 1 amide bonds. The molecule has 0 radical (unpaired) electrons. The molecule has 1 saturated carbocycles. The summed E-state index contributed by atoms with van der Waals surface area (Å²) in [6.07, 6.45) is 2.75. The average molecular weight is 410 g/mol. The maximum Gasteiger partial charge on any atom is 0.261 e. The summed E-state index contributed by atoms with van der Waals surface area (Å²) in [5, 5.41) is 2.87. The highest BCUT2D eigenvalue weighted by molar-refractivity contribution is 7.92. The van der Waals surface area contributed by atoms with Gasteiger partial charge in [0, 0.05) is 5.92 Å². The minimum atomic E-state index is -3.73. The SMILES string of the molecule is Cl.NC[C@H]1CCC[C@H]1C(=O)Nc1ccccc1NS(=O)(=O)c1ccccc1. The maximum absolute atomic E-state index is 12.6. The zero-order valence-electron chi connectivity index (χ0n) is 14.8. The van der Waals surface area contributed by atoms with E-state index in [4.69, 9.17) is 5.73 Å². The van der Waals surface area contributed by atoms with Crippen LogP contribution in [0.5, 0.6) is 0 Å². The Morgan fingerprint density at radius 3 is 2.30 bits per heavy atom. The van der Waals surface area contributed by atoms with Crippen molar-refractivity contribution in [2.45, 2.75) is 24.2 Å². The monoisotopic (exact) mass is 409 g/mol. The number of anilines is 2. The molecule has 0 bridgehead atoms. The lowest BCUT2D eigenvalue weighted by molar-refractivity contribution is -0.120. The van der Waals surface area contributed by atoms with Crippen LogP contribution in [0.4, 0.5) is 11.4 Å². The van der Waals surface area contributed by atoms with Crippen LogP contribution in [0.25, 0.3) is 0 Å². The normalized spacial score (nSPS) is 19.1. The second-order valence-electron chi connectivity index (χ2n) is 6.49. The fourth-order valence-electron chi connectivity index (χ4n) is 3.37. The first-order chi connectivity index (χ1) is 12.5. The van der Waals surface area contributed by atoms with Gasteiger partial charge in [0.2, 0.25) is 5.91 Å². The third-order valence-electron chi connectivity index (χ3n) is 4.78. The fourth-order valence-corrected chi connectivity index (χ4v) is 4.47. The van der Waals surface area contributed by atoms with Crippen molar-refractivity contribution in [1.82, 2.24) is 0 Å². The topological polar surface area (TPSA) is 101 Å². The van der Waals surface area contributed by atoms with Gasteiger partial charge in [-0.25, -0.2) is 8.42 Å². The summed E-state index contributed by atoms with van der Waals surface area (Å²) in [7, 11) is -3.73. The van der Waals surface area contributed by atoms with Crippen molar-refractivity contribution in [3.8, 4) is 0 Å². The summed E-state index contributed by atoms with van der Waals surface area (Å²) < 4.78 is 27.7. The molecule has 0 unspecified atom stereocenters. The van der Waals surface area contributed by atoms with E-state index in [9.17, 15) is 13.2 Å². The van der Waals surface area contributed by atoms with Crippen LogP contribution in [0.1, 0.15) is 19.3 Å². The number of carbonyl (C=O) groups is 1. The molecular formula is C19H24ClN3O3S. The van der Waals surface area contributed by atoms with Gasteiger partial charge >= 0.3 is 0 Å². The Hall–Kier alpha value is -2.09. The van der Waals surface area contributed by atoms with Crippen molar-refractivity contribution >= 4 is 39.7 Å². The summed E-state index contributed by atoms with van der Waals surface area (Å²) in [6, 6.07) is 14.9. The van der Waals surface area contributed by atoms with Gasteiger partial charge in [0.15, 0.2) is 0 Å². The molecule has 1 aliphatic carbocycles. The molecule has 2 atom stereocenters. The number of sulfonamides is 1. The number of nitrogens with one attached hydrogen (secondary N) is 2. The van der Waals surface area contributed by atoms with Crippen LogP contribution in [0, 0.1) is 11.8 Å². The predicted octanol–water partition coefficient (Wildman–Crippen LogP) is 3.22. The number of hydrogen-bond acceptors (Lipinski definition) is 4. The zero-order chi connectivity index (χ0) is 18.6. The molecule has 3 rings (SSSR count). The van der Waals surface area contributed by atoms with Crippen molar-refractivity contribution in [3.63, 3.8) is 0 Å². The minimum Gasteiger partial charge on any atom is -0.330 e. The Bertz CT molecular complexity index is 875. The van der Waals surface area contributed by atoms with Gasteiger partial charge in [0.05, 0.1) is 16.3 Å². The van der Waals surface area contributed by atoms with Crippen molar-refractivity contribution in [3.05, 3.63) is 54.6 Å². The molecular weight excluding hydrogens is 386 g/mol. The molecule has 4 N–H and O–H groups in total.